The van der Waals surface area contributed by atoms with Crippen LogP contribution >= 0.6 is 11.6 Å². The van der Waals surface area contributed by atoms with Crippen LogP contribution < -0.4 is 21.9 Å². The number of halogens is 2. The molecule has 1 atom stereocenters. The summed E-state index contributed by atoms with van der Waals surface area (Å²) in [6, 6.07) is 11.3. The van der Waals surface area contributed by atoms with Crippen molar-refractivity contribution in [1.29, 1.82) is 0 Å². The second kappa shape index (κ2) is 13.1. The lowest BCUT2D eigenvalue weighted by atomic mass is 10.00. The lowest BCUT2D eigenvalue weighted by Gasteiger charge is -2.18. The van der Waals surface area contributed by atoms with E-state index >= 15 is 4.39 Å². The van der Waals surface area contributed by atoms with Gasteiger partial charge in [-0.25, -0.2) is 9.18 Å². The average molecular weight is 620 g/mol. The van der Waals surface area contributed by atoms with Crippen molar-refractivity contribution < 1.29 is 9.13 Å². The number of nitrogens with two attached hydrogens (primary N) is 2. The molecule has 11 heteroatoms. The Balaban J connectivity index is 1.21. The Morgan fingerprint density at radius 1 is 1.25 bits per heavy atom. The number of ether oxygens (including phenoxy) is 1. The van der Waals surface area contributed by atoms with Crippen molar-refractivity contribution in [3.63, 3.8) is 0 Å². The summed E-state index contributed by atoms with van der Waals surface area (Å²) in [4.78, 5) is 27.1. The molecule has 2 aliphatic rings. The van der Waals surface area contributed by atoms with E-state index in [1.807, 2.05) is 24.3 Å². The molecule has 4 aromatic rings. The van der Waals surface area contributed by atoms with E-state index in [2.05, 4.69) is 19.9 Å². The van der Waals surface area contributed by atoms with Crippen LogP contribution in [0.5, 0.6) is 5.75 Å². The molecule has 0 spiro atoms. The molecule has 0 bridgehead atoms. The Morgan fingerprint density at radius 2 is 2.09 bits per heavy atom. The topological polar surface area (TPSA) is 128 Å². The summed E-state index contributed by atoms with van der Waals surface area (Å²) in [5.74, 6) is 1.49. The van der Waals surface area contributed by atoms with Crippen molar-refractivity contribution >= 4 is 28.5 Å². The van der Waals surface area contributed by atoms with E-state index in [1.54, 1.807) is 25.3 Å². The first-order valence-corrected chi connectivity index (χ1v) is 15.7. The van der Waals surface area contributed by atoms with Crippen molar-refractivity contribution in [1.82, 2.24) is 19.4 Å². The molecule has 44 heavy (non-hydrogen) atoms. The van der Waals surface area contributed by atoms with Crippen molar-refractivity contribution in [3.05, 3.63) is 75.0 Å². The SMILES string of the molecule is CC(N)=NCCCN1CCOc2cc(-n3cc4cc(-c5cc(CCCC(N)C6CC6)cc(Cl)c5F)[nH]c4nc3=O)ccc2C1. The highest BCUT2D eigenvalue weighted by Crippen LogP contribution is 2.34. The van der Waals surface area contributed by atoms with Crippen LogP contribution in [-0.4, -0.2) is 57.6 Å². The molecule has 1 fully saturated rings. The maximum atomic E-state index is 15.2. The molecule has 0 radical (unpaired) electrons. The summed E-state index contributed by atoms with van der Waals surface area (Å²) in [5.41, 5.74) is 15.3. The molecule has 1 saturated carbocycles. The van der Waals surface area contributed by atoms with E-state index in [4.69, 9.17) is 27.8 Å². The second-order valence-corrected chi connectivity index (χ2v) is 12.4. The van der Waals surface area contributed by atoms with Crippen LogP contribution in [0.4, 0.5) is 4.39 Å². The summed E-state index contributed by atoms with van der Waals surface area (Å²) >= 11 is 6.31. The molecule has 5 N–H and O–H groups in total. The molecule has 3 heterocycles. The van der Waals surface area contributed by atoms with Gasteiger partial charge in [0.05, 0.1) is 22.2 Å². The number of aryl methyl sites for hydroxylation is 1. The Hall–Kier alpha value is -3.73. The first-order chi connectivity index (χ1) is 21.2. The number of rotatable bonds is 11. The highest BCUT2D eigenvalue weighted by Gasteiger charge is 2.27. The van der Waals surface area contributed by atoms with E-state index in [0.717, 1.165) is 62.2 Å². The molecule has 1 aliphatic heterocycles. The first kappa shape index (κ1) is 30.3. The van der Waals surface area contributed by atoms with Gasteiger partial charge in [-0.2, -0.15) is 4.98 Å². The largest absolute Gasteiger partial charge is 0.492 e. The monoisotopic (exact) mass is 619 g/mol. The van der Waals surface area contributed by atoms with Crippen molar-refractivity contribution in [2.24, 2.45) is 22.4 Å². The van der Waals surface area contributed by atoms with Gasteiger partial charge in [-0.15, -0.1) is 0 Å². The van der Waals surface area contributed by atoms with Gasteiger partial charge in [0.2, 0.25) is 0 Å². The number of hydrogen-bond acceptors (Lipinski definition) is 6. The van der Waals surface area contributed by atoms with E-state index in [-0.39, 0.29) is 11.1 Å². The maximum Gasteiger partial charge on any atom is 0.354 e. The van der Waals surface area contributed by atoms with Crippen LogP contribution in [-0.2, 0) is 13.0 Å². The summed E-state index contributed by atoms with van der Waals surface area (Å²) in [6.07, 6.45) is 7.69. The van der Waals surface area contributed by atoms with Gasteiger partial charge in [0.25, 0.3) is 0 Å². The summed E-state index contributed by atoms with van der Waals surface area (Å²) in [6.45, 7) is 5.47. The summed E-state index contributed by atoms with van der Waals surface area (Å²) in [5, 5.41) is 0.742. The van der Waals surface area contributed by atoms with Crippen molar-refractivity contribution in [2.45, 2.75) is 58.0 Å². The molecule has 0 amide bonds. The van der Waals surface area contributed by atoms with Crippen LogP contribution in [0.2, 0.25) is 5.02 Å². The molecular weight excluding hydrogens is 581 g/mol. The quantitative estimate of drug-likeness (QED) is 0.120. The number of amidine groups is 1. The van der Waals surface area contributed by atoms with Gasteiger partial charge in [0, 0.05) is 61.0 Å². The number of aromatic nitrogens is 3. The molecule has 1 unspecified atom stereocenters. The number of benzene rings is 2. The van der Waals surface area contributed by atoms with Gasteiger partial charge in [-0.3, -0.25) is 14.5 Å². The molecule has 9 nitrogen and oxygen atoms in total. The zero-order chi connectivity index (χ0) is 30.8. The predicted molar refractivity (Wildman–Crippen MR) is 173 cm³/mol. The number of hydrogen-bond donors (Lipinski definition) is 3. The first-order valence-electron chi connectivity index (χ1n) is 15.4. The number of aliphatic imine (C=N–C) groups is 1. The number of aromatic amines is 1. The molecule has 2 aromatic carbocycles. The Morgan fingerprint density at radius 3 is 2.89 bits per heavy atom. The fourth-order valence-corrected chi connectivity index (χ4v) is 6.16. The van der Waals surface area contributed by atoms with E-state index in [9.17, 15) is 4.79 Å². The number of nitrogens with one attached hydrogen (secondary N) is 1. The van der Waals surface area contributed by atoms with Gasteiger partial charge < -0.3 is 21.2 Å². The number of H-pyrrole nitrogens is 1. The van der Waals surface area contributed by atoms with Gasteiger partial charge in [0.1, 0.15) is 18.0 Å². The molecule has 2 aromatic heterocycles. The minimum Gasteiger partial charge on any atom is -0.492 e. The Labute approximate surface area is 261 Å². The smallest absolute Gasteiger partial charge is 0.354 e. The van der Waals surface area contributed by atoms with Gasteiger partial charge in [0.15, 0.2) is 5.82 Å². The fraction of sp³-hybridized carbons (Fsp3) is 0.424. The van der Waals surface area contributed by atoms with Crippen molar-refractivity contribution in [3.8, 4) is 22.7 Å². The number of nitrogens with zero attached hydrogens (tertiary/aromatic N) is 4. The van der Waals surface area contributed by atoms with Crippen LogP contribution in [0.15, 0.2) is 52.4 Å². The standard InChI is InChI=1S/C33H39ClFN7O2/c1-20(36)38-10-3-11-41-12-13-44-30-17-25(9-8-23(30)18-41)42-19-24-16-29(39-32(24)40-33(42)43)26-14-21(15-27(34)31(26)35)4-2-5-28(37)22-6-7-22/h8-9,14-17,19,22,28H,2-7,10-13,18,37H2,1H3,(H2,36,38)(H,39,40,43). The minimum atomic E-state index is -0.508. The van der Waals surface area contributed by atoms with Gasteiger partial charge in [-0.1, -0.05) is 17.7 Å². The maximum absolute atomic E-state index is 15.2. The molecular formula is C33H39ClFN7O2. The summed E-state index contributed by atoms with van der Waals surface area (Å²) in [7, 11) is 0. The van der Waals surface area contributed by atoms with Crippen LogP contribution in [0.1, 0.15) is 50.2 Å². The Kier molecular flexibility index (Phi) is 9.02. The van der Waals surface area contributed by atoms with Crippen molar-refractivity contribution in [2.75, 3.05) is 26.2 Å². The highest BCUT2D eigenvalue weighted by atomic mass is 35.5. The minimum absolute atomic E-state index is 0.0675. The molecule has 1 aliphatic carbocycles. The van der Waals surface area contributed by atoms with Crippen LogP contribution in [0, 0.1) is 11.7 Å². The normalized spacial score (nSPS) is 16.5. The Bertz CT molecular complexity index is 1740. The third-order valence-corrected chi connectivity index (χ3v) is 8.77. The molecule has 232 valence electrons. The molecule has 6 rings (SSSR count). The second-order valence-electron chi connectivity index (χ2n) is 12.0. The zero-order valence-corrected chi connectivity index (χ0v) is 25.7. The van der Waals surface area contributed by atoms with E-state index < -0.39 is 11.5 Å². The predicted octanol–water partition coefficient (Wildman–Crippen LogP) is 5.19. The highest BCUT2D eigenvalue weighted by molar-refractivity contribution is 6.31. The van der Waals surface area contributed by atoms with Gasteiger partial charge >= 0.3 is 5.69 Å². The van der Waals surface area contributed by atoms with Gasteiger partial charge in [-0.05, 0) is 81.2 Å². The third kappa shape index (κ3) is 6.98. The molecule has 0 saturated heterocycles. The van der Waals surface area contributed by atoms with Crippen LogP contribution in [0.25, 0.3) is 28.0 Å². The average Bonchev–Trinajstić information content (AvgIpc) is 3.79. The lowest BCUT2D eigenvalue weighted by Crippen LogP contribution is -2.27. The zero-order valence-electron chi connectivity index (χ0n) is 25.0. The van der Waals surface area contributed by atoms with Crippen LogP contribution in [0.3, 0.4) is 0 Å². The summed E-state index contributed by atoms with van der Waals surface area (Å²) < 4.78 is 22.8. The lowest BCUT2D eigenvalue weighted by molar-refractivity contribution is 0.225. The fourth-order valence-electron chi connectivity index (χ4n) is 5.92. The van der Waals surface area contributed by atoms with E-state index in [1.165, 1.54) is 17.4 Å². The number of fused-ring (bicyclic) bond motifs is 2. The third-order valence-electron chi connectivity index (χ3n) is 8.50. The van der Waals surface area contributed by atoms with E-state index in [0.29, 0.717) is 52.9 Å².